The minimum absolute atomic E-state index is 0.272. The summed E-state index contributed by atoms with van der Waals surface area (Å²) in [6.07, 6.45) is 0. The molecule has 0 spiro atoms. The number of nitrogens with zero attached hydrogens (tertiary/aromatic N) is 5. The van der Waals surface area contributed by atoms with Crippen LogP contribution in [-0.4, -0.2) is 67.4 Å². The van der Waals surface area contributed by atoms with Crippen LogP contribution in [0.25, 0.3) is 11.0 Å². The Morgan fingerprint density at radius 3 is 2.32 bits per heavy atom. The molecule has 1 fully saturated rings. The second kappa shape index (κ2) is 8.78. The number of anilines is 1. The smallest absolute Gasteiger partial charge is 0.242 e. The van der Waals surface area contributed by atoms with Crippen LogP contribution in [0.15, 0.2) is 47.4 Å². The zero-order chi connectivity index (χ0) is 22.2. The first-order chi connectivity index (χ1) is 14.8. The van der Waals surface area contributed by atoms with E-state index in [0.29, 0.717) is 0 Å². The molecule has 1 aliphatic heterocycles. The standard InChI is InChI=1S/C22H28ClN5O2S/c1-4-28-21-10-9-19(31(29,30)25(2)3)15-20(21)24-22(28)16-26-11-13-27(14-12-26)18-7-5-17(23)6-8-18/h5-10,15H,4,11-14,16H2,1-3H3. The number of piperazine rings is 1. The van der Waals surface area contributed by atoms with Crippen LogP contribution in [-0.2, 0) is 23.1 Å². The van der Waals surface area contributed by atoms with Crippen molar-refractivity contribution in [3.8, 4) is 0 Å². The number of benzene rings is 2. The average molecular weight is 462 g/mol. The highest BCUT2D eigenvalue weighted by Gasteiger charge is 2.22. The predicted molar refractivity (Wildman–Crippen MR) is 125 cm³/mol. The minimum Gasteiger partial charge on any atom is -0.369 e. The molecule has 2 heterocycles. The Kier molecular flexibility index (Phi) is 6.25. The summed E-state index contributed by atoms with van der Waals surface area (Å²) in [5, 5.41) is 0.752. The molecule has 9 heteroatoms. The van der Waals surface area contributed by atoms with E-state index < -0.39 is 10.0 Å². The van der Waals surface area contributed by atoms with Crippen LogP contribution in [0.1, 0.15) is 12.7 Å². The van der Waals surface area contributed by atoms with Gasteiger partial charge >= 0.3 is 0 Å². The van der Waals surface area contributed by atoms with Gasteiger partial charge in [-0.1, -0.05) is 11.6 Å². The van der Waals surface area contributed by atoms with E-state index in [4.69, 9.17) is 16.6 Å². The Labute approximate surface area is 188 Å². The van der Waals surface area contributed by atoms with Crippen molar-refractivity contribution >= 4 is 38.3 Å². The lowest BCUT2D eigenvalue weighted by molar-refractivity contribution is 0.241. The van der Waals surface area contributed by atoms with E-state index in [9.17, 15) is 8.42 Å². The van der Waals surface area contributed by atoms with E-state index >= 15 is 0 Å². The molecule has 7 nitrogen and oxygen atoms in total. The molecule has 0 unspecified atom stereocenters. The summed E-state index contributed by atoms with van der Waals surface area (Å²) in [6.45, 7) is 7.39. The fraction of sp³-hybridized carbons (Fsp3) is 0.409. The van der Waals surface area contributed by atoms with Crippen molar-refractivity contribution in [2.75, 3.05) is 45.2 Å². The molecule has 0 atom stereocenters. The molecule has 2 aromatic carbocycles. The summed E-state index contributed by atoms with van der Waals surface area (Å²) in [5.74, 6) is 0.969. The maximum atomic E-state index is 12.5. The van der Waals surface area contributed by atoms with Gasteiger partial charge in [-0.2, -0.15) is 0 Å². The van der Waals surface area contributed by atoms with E-state index in [1.807, 2.05) is 18.2 Å². The summed E-state index contributed by atoms with van der Waals surface area (Å²) in [5.41, 5.74) is 2.88. The van der Waals surface area contributed by atoms with Gasteiger partial charge in [0.25, 0.3) is 0 Å². The normalized spacial score (nSPS) is 15.8. The monoisotopic (exact) mass is 461 g/mol. The highest BCUT2D eigenvalue weighted by Crippen LogP contribution is 2.24. The number of hydrogen-bond donors (Lipinski definition) is 0. The van der Waals surface area contributed by atoms with Crippen LogP contribution in [0, 0.1) is 0 Å². The summed E-state index contributed by atoms with van der Waals surface area (Å²) in [4.78, 5) is 9.85. The van der Waals surface area contributed by atoms with Gasteiger partial charge in [-0.15, -0.1) is 0 Å². The van der Waals surface area contributed by atoms with Crippen molar-refractivity contribution in [1.82, 2.24) is 18.8 Å². The molecule has 1 saturated heterocycles. The lowest BCUT2D eigenvalue weighted by Gasteiger charge is -2.36. The number of aromatic nitrogens is 2. The molecular weight excluding hydrogens is 434 g/mol. The third-order valence-electron chi connectivity index (χ3n) is 5.82. The summed E-state index contributed by atoms with van der Waals surface area (Å²) in [7, 11) is -0.399. The van der Waals surface area contributed by atoms with Crippen LogP contribution in [0.2, 0.25) is 5.02 Å². The minimum atomic E-state index is -3.48. The second-order valence-corrected chi connectivity index (χ2v) is 10.5. The molecule has 0 aliphatic carbocycles. The van der Waals surface area contributed by atoms with Gasteiger partial charge in [0.2, 0.25) is 10.0 Å². The van der Waals surface area contributed by atoms with Crippen molar-refractivity contribution < 1.29 is 8.42 Å². The molecule has 0 N–H and O–H groups in total. The average Bonchev–Trinajstić information content (AvgIpc) is 3.11. The van der Waals surface area contributed by atoms with Crippen LogP contribution < -0.4 is 4.90 Å². The van der Waals surface area contributed by atoms with E-state index in [1.165, 1.54) is 9.99 Å². The first kappa shape index (κ1) is 22.1. The van der Waals surface area contributed by atoms with Crippen molar-refractivity contribution in [2.45, 2.75) is 24.9 Å². The first-order valence-electron chi connectivity index (χ1n) is 10.4. The molecule has 3 aromatic rings. The number of imidazole rings is 1. The number of rotatable bonds is 6. The summed E-state index contributed by atoms with van der Waals surface area (Å²) >= 11 is 6.00. The van der Waals surface area contributed by atoms with Gasteiger partial charge in [-0.3, -0.25) is 4.90 Å². The highest BCUT2D eigenvalue weighted by atomic mass is 35.5. The van der Waals surface area contributed by atoms with Crippen molar-refractivity contribution in [3.63, 3.8) is 0 Å². The fourth-order valence-corrected chi connectivity index (χ4v) is 5.07. The van der Waals surface area contributed by atoms with E-state index in [1.54, 1.807) is 26.2 Å². The van der Waals surface area contributed by atoms with Crippen LogP contribution >= 0.6 is 11.6 Å². The SMILES string of the molecule is CCn1c(CN2CCN(c3ccc(Cl)cc3)CC2)nc2cc(S(=O)(=O)N(C)C)ccc21. The van der Waals surface area contributed by atoms with Gasteiger partial charge in [0.05, 0.1) is 22.5 Å². The molecule has 0 radical (unpaired) electrons. The number of halogens is 1. The van der Waals surface area contributed by atoms with Crippen LogP contribution in [0.4, 0.5) is 5.69 Å². The molecule has 4 rings (SSSR count). The third kappa shape index (κ3) is 4.43. The van der Waals surface area contributed by atoms with Gasteiger partial charge in [-0.05, 0) is 49.4 Å². The quantitative estimate of drug-likeness (QED) is 0.563. The molecule has 0 amide bonds. The molecular formula is C22H28ClN5O2S. The Hall–Kier alpha value is -2.13. The summed E-state index contributed by atoms with van der Waals surface area (Å²) < 4.78 is 28.4. The number of fused-ring (bicyclic) bond motifs is 1. The van der Waals surface area contributed by atoms with Crippen LogP contribution in [0.3, 0.4) is 0 Å². The first-order valence-corrected chi connectivity index (χ1v) is 12.3. The van der Waals surface area contributed by atoms with E-state index in [0.717, 1.165) is 61.1 Å². The maximum absolute atomic E-state index is 12.5. The number of hydrogen-bond acceptors (Lipinski definition) is 5. The molecule has 0 bridgehead atoms. The highest BCUT2D eigenvalue weighted by molar-refractivity contribution is 7.89. The Balaban J connectivity index is 1.51. The molecule has 166 valence electrons. The van der Waals surface area contributed by atoms with E-state index in [2.05, 4.69) is 33.4 Å². The number of aryl methyl sites for hydroxylation is 1. The van der Waals surface area contributed by atoms with Crippen LogP contribution in [0.5, 0.6) is 0 Å². The predicted octanol–water partition coefficient (Wildman–Crippen LogP) is 3.28. The lowest BCUT2D eigenvalue weighted by atomic mass is 10.2. The zero-order valence-electron chi connectivity index (χ0n) is 18.1. The van der Waals surface area contributed by atoms with Gasteiger partial charge in [0.1, 0.15) is 5.82 Å². The van der Waals surface area contributed by atoms with Gasteiger partial charge in [-0.25, -0.2) is 17.7 Å². The second-order valence-electron chi connectivity index (χ2n) is 7.95. The van der Waals surface area contributed by atoms with Gasteiger partial charge in [0, 0.05) is 57.5 Å². The fourth-order valence-electron chi connectivity index (χ4n) is 4.02. The van der Waals surface area contributed by atoms with Crippen molar-refractivity contribution in [1.29, 1.82) is 0 Å². The van der Waals surface area contributed by atoms with E-state index in [-0.39, 0.29) is 4.90 Å². The lowest BCUT2D eigenvalue weighted by Crippen LogP contribution is -2.46. The number of sulfonamides is 1. The van der Waals surface area contributed by atoms with Crippen molar-refractivity contribution in [2.24, 2.45) is 0 Å². The van der Waals surface area contributed by atoms with Gasteiger partial charge in [0.15, 0.2) is 0 Å². The summed E-state index contributed by atoms with van der Waals surface area (Å²) in [6, 6.07) is 13.2. The Bertz CT molecular complexity index is 1170. The third-order valence-corrected chi connectivity index (χ3v) is 7.89. The van der Waals surface area contributed by atoms with Gasteiger partial charge < -0.3 is 9.47 Å². The van der Waals surface area contributed by atoms with Crippen molar-refractivity contribution in [3.05, 3.63) is 53.3 Å². The Morgan fingerprint density at radius 1 is 1.03 bits per heavy atom. The maximum Gasteiger partial charge on any atom is 0.242 e. The zero-order valence-corrected chi connectivity index (χ0v) is 19.7. The molecule has 31 heavy (non-hydrogen) atoms. The Morgan fingerprint density at radius 2 is 1.71 bits per heavy atom. The molecule has 0 saturated carbocycles. The molecule has 1 aliphatic rings. The largest absolute Gasteiger partial charge is 0.369 e. The molecule has 1 aromatic heterocycles. The topological polar surface area (TPSA) is 61.7 Å².